The fraction of sp³-hybridized carbons (Fsp3) is 1.00. The summed E-state index contributed by atoms with van der Waals surface area (Å²) in [6.07, 6.45) is 0. The second-order valence-electron chi connectivity index (χ2n) is 3.33. The van der Waals surface area contributed by atoms with Crippen LogP contribution in [0.4, 0.5) is 0 Å². The van der Waals surface area contributed by atoms with Crippen molar-refractivity contribution in [1.82, 2.24) is 5.32 Å². The summed E-state index contributed by atoms with van der Waals surface area (Å²) in [5.41, 5.74) is -0.0638. The van der Waals surface area contributed by atoms with E-state index in [4.69, 9.17) is 9.84 Å². The number of hydrogen-bond donors (Lipinski definition) is 2. The van der Waals surface area contributed by atoms with Crippen molar-refractivity contribution in [2.24, 2.45) is 0 Å². The van der Waals surface area contributed by atoms with Gasteiger partial charge in [-0.3, -0.25) is 0 Å². The highest BCUT2D eigenvalue weighted by Gasteiger charge is 2.26. The molecular formula is C7H16ClNO2. The van der Waals surface area contributed by atoms with Gasteiger partial charge in [0, 0.05) is 6.54 Å². The molecule has 1 aliphatic heterocycles. The predicted octanol–water partition coefficient (Wildman–Crippen LogP) is 0.168. The highest BCUT2D eigenvalue weighted by Crippen LogP contribution is 2.12. The van der Waals surface area contributed by atoms with E-state index in [1.807, 2.05) is 13.8 Å². The molecule has 0 aromatic heterocycles. The normalized spacial score (nSPS) is 29.2. The monoisotopic (exact) mass is 181 g/mol. The number of ether oxygens (including phenoxy) is 1. The van der Waals surface area contributed by atoms with Gasteiger partial charge in [0.25, 0.3) is 0 Å². The van der Waals surface area contributed by atoms with E-state index in [1.54, 1.807) is 0 Å². The molecule has 0 aromatic rings. The molecule has 1 atom stereocenters. The lowest BCUT2D eigenvalue weighted by molar-refractivity contribution is -0.0655. The average Bonchev–Trinajstić information content (AvgIpc) is 1.88. The van der Waals surface area contributed by atoms with E-state index < -0.39 is 0 Å². The molecule has 0 saturated carbocycles. The fourth-order valence-electron chi connectivity index (χ4n) is 0.944. The molecule has 3 nitrogen and oxygen atoms in total. The number of aliphatic hydroxyl groups excluding tert-OH is 1. The summed E-state index contributed by atoms with van der Waals surface area (Å²) < 4.78 is 5.45. The van der Waals surface area contributed by atoms with Gasteiger partial charge in [0.05, 0.1) is 24.9 Å². The first-order valence-corrected chi connectivity index (χ1v) is 3.62. The van der Waals surface area contributed by atoms with Crippen molar-refractivity contribution in [2.45, 2.75) is 25.5 Å². The molecule has 0 amide bonds. The summed E-state index contributed by atoms with van der Waals surface area (Å²) in [7, 11) is 0. The Morgan fingerprint density at radius 3 is 2.64 bits per heavy atom. The number of nitrogens with one attached hydrogen (secondary N) is 1. The van der Waals surface area contributed by atoms with Crippen molar-refractivity contribution in [1.29, 1.82) is 0 Å². The molecule has 1 aliphatic rings. The zero-order valence-corrected chi connectivity index (χ0v) is 7.78. The van der Waals surface area contributed by atoms with Gasteiger partial charge in [0.1, 0.15) is 0 Å². The van der Waals surface area contributed by atoms with Gasteiger partial charge in [-0.15, -0.1) is 12.4 Å². The van der Waals surface area contributed by atoms with Crippen LogP contribution in [0.5, 0.6) is 0 Å². The molecule has 1 unspecified atom stereocenters. The van der Waals surface area contributed by atoms with E-state index >= 15 is 0 Å². The summed E-state index contributed by atoms with van der Waals surface area (Å²) in [5.74, 6) is 0. The molecule has 1 rings (SSSR count). The van der Waals surface area contributed by atoms with Gasteiger partial charge in [0.2, 0.25) is 0 Å². The van der Waals surface area contributed by atoms with Gasteiger partial charge in [0.15, 0.2) is 0 Å². The van der Waals surface area contributed by atoms with Gasteiger partial charge in [-0.05, 0) is 13.8 Å². The summed E-state index contributed by atoms with van der Waals surface area (Å²) in [5, 5.41) is 11.9. The Kier molecular flexibility index (Phi) is 4.32. The second-order valence-corrected chi connectivity index (χ2v) is 3.33. The quantitative estimate of drug-likeness (QED) is 0.606. The fourth-order valence-corrected chi connectivity index (χ4v) is 0.944. The van der Waals surface area contributed by atoms with Crippen LogP contribution in [0, 0.1) is 0 Å². The van der Waals surface area contributed by atoms with E-state index in [2.05, 4.69) is 5.32 Å². The van der Waals surface area contributed by atoms with Gasteiger partial charge in [-0.2, -0.15) is 0 Å². The topological polar surface area (TPSA) is 41.5 Å². The van der Waals surface area contributed by atoms with Crippen LogP contribution in [-0.4, -0.2) is 36.5 Å². The van der Waals surface area contributed by atoms with Crippen LogP contribution >= 0.6 is 12.4 Å². The molecule has 1 saturated heterocycles. The first-order valence-electron chi connectivity index (χ1n) is 3.62. The van der Waals surface area contributed by atoms with E-state index in [0.717, 1.165) is 6.54 Å². The SMILES string of the molecule is CC1(C)CNC(CO)CO1.Cl. The van der Waals surface area contributed by atoms with Gasteiger partial charge in [-0.1, -0.05) is 0 Å². The lowest BCUT2D eigenvalue weighted by Gasteiger charge is -2.34. The number of morpholine rings is 1. The van der Waals surface area contributed by atoms with Crippen LogP contribution in [0.2, 0.25) is 0 Å². The maximum Gasteiger partial charge on any atom is 0.0751 e. The third-order valence-corrected chi connectivity index (χ3v) is 1.71. The summed E-state index contributed by atoms with van der Waals surface area (Å²) >= 11 is 0. The third kappa shape index (κ3) is 3.38. The van der Waals surface area contributed by atoms with Crippen molar-refractivity contribution >= 4 is 12.4 Å². The molecule has 0 aromatic carbocycles. The molecule has 0 bridgehead atoms. The van der Waals surface area contributed by atoms with Crippen LogP contribution < -0.4 is 5.32 Å². The lowest BCUT2D eigenvalue weighted by Crippen LogP contribution is -2.52. The number of hydrogen-bond acceptors (Lipinski definition) is 3. The smallest absolute Gasteiger partial charge is 0.0751 e. The maximum atomic E-state index is 8.72. The standard InChI is InChI=1S/C7H15NO2.ClH/c1-7(2)5-8-6(3-9)4-10-7;/h6,8-9H,3-5H2,1-2H3;1H. The Morgan fingerprint density at radius 1 is 1.64 bits per heavy atom. The molecule has 1 heterocycles. The van der Waals surface area contributed by atoms with E-state index in [9.17, 15) is 0 Å². The minimum absolute atomic E-state index is 0. The summed E-state index contributed by atoms with van der Waals surface area (Å²) in [6, 6.07) is 0.132. The molecular weight excluding hydrogens is 166 g/mol. The van der Waals surface area contributed by atoms with Crippen molar-refractivity contribution in [3.8, 4) is 0 Å². The number of aliphatic hydroxyl groups is 1. The zero-order valence-electron chi connectivity index (χ0n) is 6.96. The van der Waals surface area contributed by atoms with Gasteiger partial charge in [-0.25, -0.2) is 0 Å². The minimum Gasteiger partial charge on any atom is -0.395 e. The molecule has 1 fully saturated rings. The van der Waals surface area contributed by atoms with Crippen LogP contribution in [-0.2, 0) is 4.74 Å². The van der Waals surface area contributed by atoms with Crippen LogP contribution in [0.15, 0.2) is 0 Å². The third-order valence-electron chi connectivity index (χ3n) is 1.71. The van der Waals surface area contributed by atoms with Crippen molar-refractivity contribution in [2.75, 3.05) is 19.8 Å². The number of rotatable bonds is 1. The molecule has 68 valence electrons. The van der Waals surface area contributed by atoms with Crippen molar-refractivity contribution in [3.63, 3.8) is 0 Å². The first-order chi connectivity index (χ1) is 4.64. The summed E-state index contributed by atoms with van der Waals surface area (Å²) in [4.78, 5) is 0. The van der Waals surface area contributed by atoms with E-state index in [0.29, 0.717) is 6.61 Å². The second kappa shape index (κ2) is 4.26. The molecule has 2 N–H and O–H groups in total. The molecule has 4 heteroatoms. The van der Waals surface area contributed by atoms with Crippen LogP contribution in [0.25, 0.3) is 0 Å². The Labute approximate surface area is 73.5 Å². The molecule has 0 spiro atoms. The highest BCUT2D eigenvalue weighted by atomic mass is 35.5. The Morgan fingerprint density at radius 2 is 2.27 bits per heavy atom. The predicted molar refractivity (Wildman–Crippen MR) is 46.2 cm³/mol. The van der Waals surface area contributed by atoms with Crippen molar-refractivity contribution < 1.29 is 9.84 Å². The highest BCUT2D eigenvalue weighted by molar-refractivity contribution is 5.85. The Bertz CT molecular complexity index is 109. The van der Waals surface area contributed by atoms with Gasteiger partial charge >= 0.3 is 0 Å². The Hall–Kier alpha value is 0.170. The van der Waals surface area contributed by atoms with Crippen molar-refractivity contribution in [3.05, 3.63) is 0 Å². The first kappa shape index (κ1) is 11.2. The minimum atomic E-state index is -0.0638. The summed E-state index contributed by atoms with van der Waals surface area (Å²) in [6.45, 7) is 5.67. The van der Waals surface area contributed by atoms with Gasteiger partial charge < -0.3 is 15.2 Å². The molecule has 0 radical (unpaired) electrons. The largest absolute Gasteiger partial charge is 0.395 e. The van der Waals surface area contributed by atoms with E-state index in [-0.39, 0.29) is 30.7 Å². The number of halogens is 1. The Balaban J connectivity index is 0.000001000. The maximum absolute atomic E-state index is 8.72. The average molecular weight is 182 g/mol. The zero-order chi connectivity index (χ0) is 7.61. The lowest BCUT2D eigenvalue weighted by atomic mass is 10.1. The van der Waals surface area contributed by atoms with Crippen LogP contribution in [0.3, 0.4) is 0 Å². The molecule has 0 aliphatic carbocycles. The molecule has 11 heavy (non-hydrogen) atoms. The van der Waals surface area contributed by atoms with Crippen LogP contribution in [0.1, 0.15) is 13.8 Å². The van der Waals surface area contributed by atoms with E-state index in [1.165, 1.54) is 0 Å².